The van der Waals surface area contributed by atoms with Gasteiger partial charge in [-0.05, 0) is 24.7 Å². The van der Waals surface area contributed by atoms with Crippen LogP contribution in [0.3, 0.4) is 0 Å². The summed E-state index contributed by atoms with van der Waals surface area (Å²) in [5, 5.41) is 18.6. The molecule has 0 radical (unpaired) electrons. The first-order valence-electron chi connectivity index (χ1n) is 6.56. The van der Waals surface area contributed by atoms with Gasteiger partial charge in [0.15, 0.2) is 5.78 Å². The number of aromatic hydroxyl groups is 1. The van der Waals surface area contributed by atoms with Crippen molar-refractivity contribution in [3.8, 4) is 5.88 Å². The minimum atomic E-state index is -0.179. The van der Waals surface area contributed by atoms with Gasteiger partial charge in [0.1, 0.15) is 5.69 Å². The normalized spacial score (nSPS) is 30.5. The molecule has 2 heterocycles. The summed E-state index contributed by atoms with van der Waals surface area (Å²) in [6.45, 7) is 2.08. The maximum atomic E-state index is 12.0. The van der Waals surface area contributed by atoms with Crippen molar-refractivity contribution in [1.29, 1.82) is 0 Å². The summed E-state index contributed by atoms with van der Waals surface area (Å²) in [5.74, 6) is 0.789. The van der Waals surface area contributed by atoms with Gasteiger partial charge in [0.05, 0.1) is 25.0 Å². The van der Waals surface area contributed by atoms with Gasteiger partial charge in [-0.15, -0.1) is 0 Å². The summed E-state index contributed by atoms with van der Waals surface area (Å²) in [5.41, 5.74) is 0.287. The van der Waals surface area contributed by atoms with Crippen molar-refractivity contribution in [1.82, 2.24) is 14.9 Å². The number of hydrogen-bond donors (Lipinski definition) is 2. The maximum Gasteiger partial charge on any atom is 0.229 e. The third-order valence-electron chi connectivity index (χ3n) is 4.09. The second-order valence-corrected chi connectivity index (χ2v) is 5.52. The van der Waals surface area contributed by atoms with E-state index in [0.29, 0.717) is 18.4 Å². The highest BCUT2D eigenvalue weighted by molar-refractivity contribution is 5.95. The number of aromatic nitrogens is 2. The van der Waals surface area contributed by atoms with Crippen molar-refractivity contribution in [3.05, 3.63) is 18.1 Å². The van der Waals surface area contributed by atoms with Gasteiger partial charge in [-0.25, -0.2) is 9.97 Å². The summed E-state index contributed by atoms with van der Waals surface area (Å²) in [6.07, 6.45) is 4.04. The van der Waals surface area contributed by atoms with Crippen molar-refractivity contribution in [2.24, 2.45) is 11.8 Å². The average molecular weight is 263 g/mol. The third kappa shape index (κ3) is 2.59. The Balaban J connectivity index is 1.58. The third-order valence-corrected chi connectivity index (χ3v) is 4.09. The molecule has 0 spiro atoms. The second-order valence-electron chi connectivity index (χ2n) is 5.52. The quantitative estimate of drug-likeness (QED) is 0.750. The summed E-state index contributed by atoms with van der Waals surface area (Å²) >= 11 is 0. The number of aliphatic hydroxyl groups excluding tert-OH is 1. The Morgan fingerprint density at radius 3 is 2.53 bits per heavy atom. The van der Waals surface area contributed by atoms with E-state index < -0.39 is 0 Å². The van der Waals surface area contributed by atoms with Gasteiger partial charge in [0, 0.05) is 13.1 Å². The van der Waals surface area contributed by atoms with Crippen LogP contribution in [0.25, 0.3) is 0 Å². The first-order chi connectivity index (χ1) is 9.11. The van der Waals surface area contributed by atoms with Crippen molar-refractivity contribution in [2.45, 2.75) is 18.9 Å². The fourth-order valence-corrected chi connectivity index (χ4v) is 3.24. The van der Waals surface area contributed by atoms with E-state index in [1.807, 2.05) is 0 Å². The molecule has 2 aliphatic rings. The molecule has 0 unspecified atom stereocenters. The topological polar surface area (TPSA) is 86.6 Å². The number of aliphatic hydroxyl groups is 1. The Kier molecular flexibility index (Phi) is 3.20. The van der Waals surface area contributed by atoms with Crippen LogP contribution in [0, 0.1) is 11.8 Å². The van der Waals surface area contributed by atoms with Crippen LogP contribution in [0.1, 0.15) is 23.3 Å². The molecule has 1 aromatic heterocycles. The molecule has 3 atom stereocenters. The zero-order valence-corrected chi connectivity index (χ0v) is 10.6. The van der Waals surface area contributed by atoms with E-state index >= 15 is 0 Å². The van der Waals surface area contributed by atoms with E-state index in [-0.39, 0.29) is 23.5 Å². The summed E-state index contributed by atoms with van der Waals surface area (Å²) in [4.78, 5) is 21.7. The molecule has 6 heteroatoms. The van der Waals surface area contributed by atoms with Crippen LogP contribution in [-0.4, -0.2) is 56.6 Å². The van der Waals surface area contributed by atoms with Gasteiger partial charge in [-0.1, -0.05) is 0 Å². The smallest absolute Gasteiger partial charge is 0.229 e. The molecular weight excluding hydrogens is 246 g/mol. The van der Waals surface area contributed by atoms with Gasteiger partial charge in [-0.2, -0.15) is 0 Å². The number of hydrogen-bond acceptors (Lipinski definition) is 6. The Morgan fingerprint density at radius 2 is 1.95 bits per heavy atom. The van der Waals surface area contributed by atoms with E-state index in [4.69, 9.17) is 5.11 Å². The van der Waals surface area contributed by atoms with E-state index in [9.17, 15) is 9.90 Å². The summed E-state index contributed by atoms with van der Waals surface area (Å²) < 4.78 is 0. The number of carbonyl (C=O) groups excluding carboxylic acids is 1. The lowest BCUT2D eigenvalue weighted by Gasteiger charge is -2.16. The van der Waals surface area contributed by atoms with Crippen LogP contribution in [0.2, 0.25) is 0 Å². The zero-order chi connectivity index (χ0) is 13.4. The van der Waals surface area contributed by atoms with E-state index in [2.05, 4.69) is 14.9 Å². The number of Topliss-reactive ketones (excluding diaryl/α,β-unsaturated/α-hetero) is 1. The largest absolute Gasteiger partial charge is 0.492 e. The van der Waals surface area contributed by atoms with E-state index in [1.165, 1.54) is 12.4 Å². The van der Waals surface area contributed by atoms with Crippen LogP contribution >= 0.6 is 0 Å². The van der Waals surface area contributed by atoms with Crippen molar-refractivity contribution in [2.75, 3.05) is 19.6 Å². The highest BCUT2D eigenvalue weighted by Gasteiger charge is 2.40. The predicted octanol–water partition coefficient (Wildman–Crippen LogP) is 0.0676. The molecular formula is C13H17N3O3. The van der Waals surface area contributed by atoms with Crippen LogP contribution in [0.15, 0.2) is 12.4 Å². The van der Waals surface area contributed by atoms with Gasteiger partial charge in [0.25, 0.3) is 0 Å². The SMILES string of the molecule is O=C(CN1C[C@H]2C[C@@H](O)C[C@H]2C1)c1cnc(O)cn1. The lowest BCUT2D eigenvalue weighted by molar-refractivity contribution is 0.0929. The zero-order valence-electron chi connectivity index (χ0n) is 10.6. The van der Waals surface area contributed by atoms with Crippen LogP contribution in [0.4, 0.5) is 0 Å². The number of likely N-dealkylation sites (tertiary alicyclic amines) is 1. The van der Waals surface area contributed by atoms with Crippen LogP contribution in [-0.2, 0) is 0 Å². The maximum absolute atomic E-state index is 12.0. The van der Waals surface area contributed by atoms with Crippen molar-refractivity contribution < 1.29 is 15.0 Å². The Hall–Kier alpha value is -1.53. The minimum absolute atomic E-state index is 0.0759. The molecule has 19 heavy (non-hydrogen) atoms. The molecule has 0 bridgehead atoms. The molecule has 1 aliphatic heterocycles. The number of carbonyl (C=O) groups is 1. The lowest BCUT2D eigenvalue weighted by atomic mass is 10.0. The highest BCUT2D eigenvalue weighted by Crippen LogP contribution is 2.37. The van der Waals surface area contributed by atoms with Crippen molar-refractivity contribution in [3.63, 3.8) is 0 Å². The van der Waals surface area contributed by atoms with Crippen molar-refractivity contribution >= 4 is 5.78 Å². The second kappa shape index (κ2) is 4.86. The summed E-state index contributed by atoms with van der Waals surface area (Å²) in [7, 11) is 0. The number of nitrogens with zero attached hydrogens (tertiary/aromatic N) is 3. The fourth-order valence-electron chi connectivity index (χ4n) is 3.24. The number of rotatable bonds is 3. The molecule has 1 aromatic rings. The molecule has 2 fully saturated rings. The molecule has 3 rings (SSSR count). The highest BCUT2D eigenvalue weighted by atomic mass is 16.3. The van der Waals surface area contributed by atoms with Crippen LogP contribution < -0.4 is 0 Å². The van der Waals surface area contributed by atoms with Gasteiger partial charge in [-0.3, -0.25) is 9.69 Å². The number of fused-ring (bicyclic) bond motifs is 1. The minimum Gasteiger partial charge on any atom is -0.492 e. The molecule has 6 nitrogen and oxygen atoms in total. The fraction of sp³-hybridized carbons (Fsp3) is 0.615. The molecule has 1 saturated carbocycles. The molecule has 0 aromatic carbocycles. The molecule has 1 aliphatic carbocycles. The Labute approximate surface area is 111 Å². The van der Waals surface area contributed by atoms with E-state index in [1.54, 1.807) is 0 Å². The predicted molar refractivity (Wildman–Crippen MR) is 66.7 cm³/mol. The van der Waals surface area contributed by atoms with Gasteiger partial charge >= 0.3 is 0 Å². The van der Waals surface area contributed by atoms with Crippen LogP contribution in [0.5, 0.6) is 5.88 Å². The standard InChI is InChI=1S/C13H17N3O3/c17-10-1-8-5-16(6-9(8)2-10)7-12(18)11-3-15-13(19)4-14-11/h3-4,8-10,17H,1-2,5-7H2,(H,15,19)/t8-,9+,10-. The number of ketones is 1. The molecule has 2 N–H and O–H groups in total. The first-order valence-corrected chi connectivity index (χ1v) is 6.56. The first kappa shape index (κ1) is 12.5. The Bertz CT molecular complexity index is 463. The van der Waals surface area contributed by atoms with E-state index in [0.717, 1.165) is 25.9 Å². The molecule has 0 amide bonds. The molecule has 1 saturated heterocycles. The van der Waals surface area contributed by atoms with Gasteiger partial charge < -0.3 is 10.2 Å². The summed E-state index contributed by atoms with van der Waals surface area (Å²) in [6, 6.07) is 0. The monoisotopic (exact) mass is 263 g/mol. The average Bonchev–Trinajstić information content (AvgIpc) is 2.86. The van der Waals surface area contributed by atoms with Gasteiger partial charge in [0.2, 0.25) is 5.88 Å². The molecule has 102 valence electrons. The lowest BCUT2D eigenvalue weighted by Crippen LogP contribution is -2.29. The Morgan fingerprint density at radius 1 is 1.26 bits per heavy atom.